The second-order valence-corrected chi connectivity index (χ2v) is 9.33. The number of hydrogen-bond acceptors (Lipinski definition) is 5. The van der Waals surface area contributed by atoms with Crippen molar-refractivity contribution in [2.24, 2.45) is 5.16 Å². The van der Waals surface area contributed by atoms with Gasteiger partial charge in [-0.3, -0.25) is 0 Å². The number of rotatable bonds is 9. The van der Waals surface area contributed by atoms with Gasteiger partial charge in [0.25, 0.3) is 0 Å². The van der Waals surface area contributed by atoms with Gasteiger partial charge < -0.3 is 25.6 Å². The molecule has 0 aliphatic carbocycles. The van der Waals surface area contributed by atoms with Crippen LogP contribution in [0, 0.1) is 5.82 Å². The second-order valence-electron chi connectivity index (χ2n) is 9.33. The Hall–Kier alpha value is -3.75. The number of amides is 2. The van der Waals surface area contributed by atoms with Gasteiger partial charge in [0, 0.05) is 6.54 Å². The maximum absolute atomic E-state index is 13.4. The number of oxime groups is 1. The number of nitrogens with one attached hydrogen (secondary N) is 1. The fourth-order valence-electron chi connectivity index (χ4n) is 4.83. The molecule has 0 spiro atoms. The Bertz CT molecular complexity index is 1170. The lowest BCUT2D eigenvalue weighted by Crippen LogP contribution is -2.51. The monoisotopic (exact) mass is 505 g/mol. The summed E-state index contributed by atoms with van der Waals surface area (Å²) >= 11 is 0. The van der Waals surface area contributed by atoms with Crippen molar-refractivity contribution in [2.45, 2.75) is 50.0 Å². The molecule has 0 saturated carbocycles. The quantitative estimate of drug-likeness (QED) is 0.202. The first kappa shape index (κ1) is 26.3. The standard InChI is InChI=1S/C29H32FN3O4/c30-23-15-13-22(14-16-23)24(32-37)12-7-17-33-26(19-21-10-5-2-6-11-21)28(35)27(34)25(31-29(33)36)18-20-8-3-1-4-9-20/h1-6,8-11,13-16,25-28,34-35,37H,7,12,17-19H2,(H,31,36)/b32-24-/t25-,26-,27+,28+/m1/s1. The molecule has 4 N–H and O–H groups in total. The Labute approximate surface area is 215 Å². The summed E-state index contributed by atoms with van der Waals surface area (Å²) in [6.07, 6.45) is -0.850. The summed E-state index contributed by atoms with van der Waals surface area (Å²) in [5.41, 5.74) is 2.83. The van der Waals surface area contributed by atoms with Crippen LogP contribution in [0.2, 0.25) is 0 Å². The molecule has 0 bridgehead atoms. The number of carbonyl (C=O) groups is 1. The summed E-state index contributed by atoms with van der Waals surface area (Å²) < 4.78 is 13.3. The molecule has 37 heavy (non-hydrogen) atoms. The van der Waals surface area contributed by atoms with E-state index in [0.29, 0.717) is 37.0 Å². The van der Waals surface area contributed by atoms with Gasteiger partial charge in [-0.15, -0.1) is 0 Å². The molecule has 8 heteroatoms. The van der Waals surface area contributed by atoms with Gasteiger partial charge in [0.2, 0.25) is 0 Å². The number of urea groups is 1. The van der Waals surface area contributed by atoms with Gasteiger partial charge >= 0.3 is 6.03 Å². The van der Waals surface area contributed by atoms with Crippen molar-refractivity contribution in [3.05, 3.63) is 107 Å². The van der Waals surface area contributed by atoms with E-state index in [9.17, 15) is 24.6 Å². The maximum atomic E-state index is 13.4. The van der Waals surface area contributed by atoms with Crippen molar-refractivity contribution in [3.63, 3.8) is 0 Å². The topological polar surface area (TPSA) is 105 Å². The molecule has 1 aliphatic rings. The highest BCUT2D eigenvalue weighted by atomic mass is 19.1. The van der Waals surface area contributed by atoms with Crippen LogP contribution >= 0.6 is 0 Å². The van der Waals surface area contributed by atoms with Crippen LogP contribution in [0.25, 0.3) is 0 Å². The molecule has 0 aromatic heterocycles. The summed E-state index contributed by atoms with van der Waals surface area (Å²) in [7, 11) is 0. The highest BCUT2D eigenvalue weighted by molar-refractivity contribution is 6.00. The molecular formula is C29H32FN3O4. The number of halogens is 1. The zero-order valence-corrected chi connectivity index (χ0v) is 20.5. The van der Waals surface area contributed by atoms with Gasteiger partial charge in [-0.1, -0.05) is 78.0 Å². The average molecular weight is 506 g/mol. The van der Waals surface area contributed by atoms with Gasteiger partial charge in [0.05, 0.1) is 17.8 Å². The van der Waals surface area contributed by atoms with Gasteiger partial charge in [0.1, 0.15) is 18.0 Å². The summed E-state index contributed by atoms with van der Waals surface area (Å²) in [5, 5.41) is 38.2. The zero-order chi connectivity index (χ0) is 26.2. The van der Waals surface area contributed by atoms with E-state index < -0.39 is 24.3 Å². The summed E-state index contributed by atoms with van der Waals surface area (Å²) in [6.45, 7) is 0.255. The van der Waals surface area contributed by atoms with Gasteiger partial charge in [-0.25, -0.2) is 9.18 Å². The van der Waals surface area contributed by atoms with E-state index in [1.54, 1.807) is 4.90 Å². The average Bonchev–Trinajstić information content (AvgIpc) is 2.99. The van der Waals surface area contributed by atoms with E-state index in [1.165, 1.54) is 24.3 Å². The van der Waals surface area contributed by atoms with E-state index in [1.807, 2.05) is 60.7 Å². The van der Waals surface area contributed by atoms with Crippen LogP contribution in [0.15, 0.2) is 90.1 Å². The van der Waals surface area contributed by atoms with E-state index in [4.69, 9.17) is 0 Å². The molecule has 7 nitrogen and oxygen atoms in total. The van der Waals surface area contributed by atoms with E-state index in [-0.39, 0.29) is 18.4 Å². The largest absolute Gasteiger partial charge is 0.411 e. The third-order valence-electron chi connectivity index (χ3n) is 6.82. The van der Waals surface area contributed by atoms with Crippen LogP contribution in [-0.2, 0) is 12.8 Å². The molecule has 3 aromatic carbocycles. The normalized spacial score (nSPS) is 22.4. The molecular weight excluding hydrogens is 473 g/mol. The summed E-state index contributed by atoms with van der Waals surface area (Å²) in [5.74, 6) is -0.386. The third-order valence-corrected chi connectivity index (χ3v) is 6.82. The van der Waals surface area contributed by atoms with E-state index in [0.717, 1.165) is 11.1 Å². The molecule has 2 amide bonds. The second kappa shape index (κ2) is 12.5. The first-order valence-corrected chi connectivity index (χ1v) is 12.4. The molecule has 1 saturated heterocycles. The number of nitrogens with zero attached hydrogens (tertiary/aromatic N) is 2. The molecule has 4 atom stereocenters. The summed E-state index contributed by atoms with van der Waals surface area (Å²) in [6, 6.07) is 23.0. The van der Waals surface area contributed by atoms with Crippen LogP contribution in [0.3, 0.4) is 0 Å². The van der Waals surface area contributed by atoms with Crippen molar-refractivity contribution in [1.29, 1.82) is 0 Å². The fourth-order valence-corrected chi connectivity index (χ4v) is 4.83. The highest BCUT2D eigenvalue weighted by Gasteiger charge is 2.42. The first-order chi connectivity index (χ1) is 18.0. The number of aliphatic hydroxyl groups is 2. The lowest BCUT2D eigenvalue weighted by atomic mass is 9.91. The Morgan fingerprint density at radius 1 is 0.865 bits per heavy atom. The smallest absolute Gasteiger partial charge is 0.318 e. The van der Waals surface area contributed by atoms with Gasteiger partial charge in [-0.2, -0.15) is 0 Å². The molecule has 1 fully saturated rings. The van der Waals surface area contributed by atoms with E-state index in [2.05, 4.69) is 10.5 Å². The first-order valence-electron chi connectivity index (χ1n) is 12.4. The minimum atomic E-state index is -1.18. The molecule has 4 rings (SSSR count). The Morgan fingerprint density at radius 3 is 2.05 bits per heavy atom. The molecule has 194 valence electrons. The van der Waals surface area contributed by atoms with E-state index >= 15 is 0 Å². The van der Waals surface area contributed by atoms with Crippen LogP contribution in [-0.4, -0.2) is 62.9 Å². The third kappa shape index (κ3) is 6.72. The predicted octanol–water partition coefficient (Wildman–Crippen LogP) is 3.75. The lowest BCUT2D eigenvalue weighted by molar-refractivity contribution is -0.0295. The minimum absolute atomic E-state index is 0.255. The van der Waals surface area contributed by atoms with Crippen LogP contribution in [0.5, 0.6) is 0 Å². The SMILES string of the molecule is O=C1N[C@H](Cc2ccccc2)[C@H](O)[C@@H](O)[C@@H](Cc2ccccc2)N1CCC/C(=N/O)c1ccc(F)cc1. The highest BCUT2D eigenvalue weighted by Crippen LogP contribution is 2.23. The van der Waals surface area contributed by atoms with Crippen molar-refractivity contribution >= 4 is 11.7 Å². The van der Waals surface area contributed by atoms with Crippen LogP contribution in [0.4, 0.5) is 9.18 Å². The Balaban J connectivity index is 1.53. The molecule has 0 radical (unpaired) electrons. The lowest BCUT2D eigenvalue weighted by Gasteiger charge is -2.33. The maximum Gasteiger partial charge on any atom is 0.318 e. The number of benzene rings is 3. The number of carbonyl (C=O) groups excluding carboxylic acids is 1. The van der Waals surface area contributed by atoms with Crippen LogP contribution < -0.4 is 5.32 Å². The van der Waals surface area contributed by atoms with Gasteiger partial charge in [-0.05, 0) is 54.5 Å². The molecule has 3 aromatic rings. The Kier molecular flexibility index (Phi) is 8.87. The number of hydrogen-bond donors (Lipinski definition) is 4. The summed E-state index contributed by atoms with van der Waals surface area (Å²) in [4.78, 5) is 15.0. The van der Waals surface area contributed by atoms with Crippen molar-refractivity contribution in [3.8, 4) is 0 Å². The van der Waals surface area contributed by atoms with Crippen LogP contribution in [0.1, 0.15) is 29.5 Å². The Morgan fingerprint density at radius 2 is 1.46 bits per heavy atom. The molecule has 1 heterocycles. The van der Waals surface area contributed by atoms with Crippen molar-refractivity contribution in [1.82, 2.24) is 10.2 Å². The predicted molar refractivity (Wildman–Crippen MR) is 139 cm³/mol. The fraction of sp³-hybridized carbons (Fsp3) is 0.310. The van der Waals surface area contributed by atoms with Crippen molar-refractivity contribution < 1.29 is 24.6 Å². The van der Waals surface area contributed by atoms with Crippen molar-refractivity contribution in [2.75, 3.05) is 6.54 Å². The number of aliphatic hydroxyl groups excluding tert-OH is 2. The molecule has 1 aliphatic heterocycles. The zero-order valence-electron chi connectivity index (χ0n) is 20.5. The van der Waals surface area contributed by atoms with Gasteiger partial charge in [0.15, 0.2) is 0 Å². The molecule has 0 unspecified atom stereocenters. The minimum Gasteiger partial charge on any atom is -0.411 e.